The standard InChI is InChI=1S/C10H12N4O2S2/c1-3-14-7(11-5-12-14)4-17-10-13-6(2)8(18-10)9(15)16/h5H,3-4H2,1-2H3,(H,15,16). The molecule has 0 radical (unpaired) electrons. The number of aromatic carboxylic acids is 1. The van der Waals surface area contributed by atoms with Gasteiger partial charge in [-0.15, -0.1) is 11.3 Å². The zero-order valence-electron chi connectivity index (χ0n) is 9.95. The van der Waals surface area contributed by atoms with Gasteiger partial charge in [0.25, 0.3) is 0 Å². The van der Waals surface area contributed by atoms with Crippen LogP contribution in [0.1, 0.15) is 28.1 Å². The lowest BCUT2D eigenvalue weighted by Crippen LogP contribution is -2.01. The van der Waals surface area contributed by atoms with Gasteiger partial charge in [0.1, 0.15) is 17.0 Å². The second kappa shape index (κ2) is 5.49. The van der Waals surface area contributed by atoms with Gasteiger partial charge >= 0.3 is 5.97 Å². The lowest BCUT2D eigenvalue weighted by molar-refractivity contribution is 0.0701. The van der Waals surface area contributed by atoms with E-state index in [2.05, 4.69) is 15.1 Å². The molecule has 0 bridgehead atoms. The number of carboxylic acid groups (broad SMARTS) is 1. The summed E-state index contributed by atoms with van der Waals surface area (Å²) in [4.78, 5) is 19.6. The number of carbonyl (C=O) groups is 1. The van der Waals surface area contributed by atoms with E-state index in [-0.39, 0.29) is 0 Å². The number of hydrogen-bond acceptors (Lipinski definition) is 6. The monoisotopic (exact) mass is 284 g/mol. The first kappa shape index (κ1) is 13.0. The van der Waals surface area contributed by atoms with Crippen molar-refractivity contribution in [1.29, 1.82) is 0 Å². The Morgan fingerprint density at radius 2 is 2.39 bits per heavy atom. The zero-order chi connectivity index (χ0) is 13.1. The van der Waals surface area contributed by atoms with E-state index in [0.29, 0.717) is 16.3 Å². The summed E-state index contributed by atoms with van der Waals surface area (Å²) in [6.45, 7) is 4.48. The molecule has 18 heavy (non-hydrogen) atoms. The zero-order valence-corrected chi connectivity index (χ0v) is 11.6. The molecular weight excluding hydrogens is 272 g/mol. The minimum atomic E-state index is -0.923. The van der Waals surface area contributed by atoms with Gasteiger partial charge in [0.05, 0.1) is 11.4 Å². The Morgan fingerprint density at radius 1 is 1.61 bits per heavy atom. The maximum Gasteiger partial charge on any atom is 0.347 e. The van der Waals surface area contributed by atoms with E-state index in [1.807, 2.05) is 11.6 Å². The quantitative estimate of drug-likeness (QED) is 0.846. The van der Waals surface area contributed by atoms with E-state index in [1.54, 1.807) is 6.92 Å². The van der Waals surface area contributed by atoms with Crippen molar-refractivity contribution in [1.82, 2.24) is 19.7 Å². The molecule has 2 aromatic rings. The highest BCUT2D eigenvalue weighted by Crippen LogP contribution is 2.29. The minimum Gasteiger partial charge on any atom is -0.477 e. The van der Waals surface area contributed by atoms with Crippen molar-refractivity contribution < 1.29 is 9.90 Å². The molecule has 0 aliphatic carbocycles. The lowest BCUT2D eigenvalue weighted by Gasteiger charge is -2.00. The van der Waals surface area contributed by atoms with Crippen LogP contribution in [0.2, 0.25) is 0 Å². The fourth-order valence-electron chi connectivity index (χ4n) is 1.42. The summed E-state index contributed by atoms with van der Waals surface area (Å²) in [6.07, 6.45) is 1.52. The van der Waals surface area contributed by atoms with Gasteiger partial charge in [0, 0.05) is 6.54 Å². The molecular formula is C10H12N4O2S2. The smallest absolute Gasteiger partial charge is 0.347 e. The number of hydrogen-bond donors (Lipinski definition) is 1. The Labute approximate surface area is 112 Å². The van der Waals surface area contributed by atoms with Gasteiger partial charge in [0.2, 0.25) is 0 Å². The summed E-state index contributed by atoms with van der Waals surface area (Å²) < 4.78 is 2.56. The number of nitrogens with zero attached hydrogens (tertiary/aromatic N) is 4. The van der Waals surface area contributed by atoms with Gasteiger partial charge in [0.15, 0.2) is 4.34 Å². The molecule has 0 atom stereocenters. The molecule has 0 saturated heterocycles. The van der Waals surface area contributed by atoms with Crippen LogP contribution in [0.4, 0.5) is 0 Å². The van der Waals surface area contributed by atoms with E-state index in [1.165, 1.54) is 29.4 Å². The summed E-state index contributed by atoms with van der Waals surface area (Å²) in [5.74, 6) is 0.584. The van der Waals surface area contributed by atoms with E-state index < -0.39 is 5.97 Å². The maximum atomic E-state index is 10.9. The van der Waals surface area contributed by atoms with Crippen molar-refractivity contribution >= 4 is 29.1 Å². The number of aromatic nitrogens is 4. The lowest BCUT2D eigenvalue weighted by atomic mass is 10.4. The van der Waals surface area contributed by atoms with Crippen LogP contribution in [0.25, 0.3) is 0 Å². The molecule has 0 amide bonds. The highest BCUT2D eigenvalue weighted by molar-refractivity contribution is 8.00. The Bertz CT molecular complexity index is 564. The maximum absolute atomic E-state index is 10.9. The minimum absolute atomic E-state index is 0.300. The average molecular weight is 284 g/mol. The van der Waals surface area contributed by atoms with Crippen LogP contribution in [-0.2, 0) is 12.3 Å². The van der Waals surface area contributed by atoms with Gasteiger partial charge in [-0.2, -0.15) is 5.10 Å². The molecule has 0 fully saturated rings. The van der Waals surface area contributed by atoms with Crippen LogP contribution in [0.15, 0.2) is 10.7 Å². The number of aryl methyl sites for hydroxylation is 2. The molecule has 6 nitrogen and oxygen atoms in total. The summed E-state index contributed by atoms with van der Waals surface area (Å²) in [6, 6.07) is 0. The Balaban J connectivity index is 2.07. The van der Waals surface area contributed by atoms with Crippen LogP contribution in [-0.4, -0.2) is 30.8 Å². The molecule has 2 rings (SSSR count). The van der Waals surface area contributed by atoms with E-state index in [0.717, 1.165) is 16.7 Å². The topological polar surface area (TPSA) is 80.9 Å². The number of carboxylic acids is 1. The molecule has 2 aromatic heterocycles. The first-order chi connectivity index (χ1) is 8.61. The van der Waals surface area contributed by atoms with Crippen LogP contribution >= 0.6 is 23.1 Å². The Kier molecular flexibility index (Phi) is 3.97. The fraction of sp³-hybridized carbons (Fsp3) is 0.400. The highest BCUT2D eigenvalue weighted by Gasteiger charge is 2.14. The largest absolute Gasteiger partial charge is 0.477 e. The van der Waals surface area contributed by atoms with E-state index >= 15 is 0 Å². The van der Waals surface area contributed by atoms with Gasteiger partial charge in [-0.1, -0.05) is 11.8 Å². The first-order valence-corrected chi connectivity index (χ1v) is 7.12. The van der Waals surface area contributed by atoms with Gasteiger partial charge in [-0.3, -0.25) is 0 Å². The fourth-order valence-corrected chi connectivity index (χ4v) is 3.40. The molecule has 0 spiro atoms. The van der Waals surface area contributed by atoms with Crippen molar-refractivity contribution in [2.45, 2.75) is 30.5 Å². The summed E-state index contributed by atoms with van der Waals surface area (Å²) in [7, 11) is 0. The predicted molar refractivity (Wildman–Crippen MR) is 69.1 cm³/mol. The number of thioether (sulfide) groups is 1. The molecule has 8 heteroatoms. The van der Waals surface area contributed by atoms with Crippen molar-refractivity contribution in [3.63, 3.8) is 0 Å². The molecule has 0 aliphatic rings. The van der Waals surface area contributed by atoms with E-state index in [4.69, 9.17) is 5.11 Å². The van der Waals surface area contributed by atoms with Crippen molar-refractivity contribution in [3.8, 4) is 0 Å². The molecule has 2 heterocycles. The van der Waals surface area contributed by atoms with Gasteiger partial charge in [-0.25, -0.2) is 19.4 Å². The molecule has 0 aromatic carbocycles. The van der Waals surface area contributed by atoms with Gasteiger partial charge in [-0.05, 0) is 13.8 Å². The summed E-state index contributed by atoms with van der Waals surface area (Å²) in [5.41, 5.74) is 0.562. The third kappa shape index (κ3) is 2.70. The molecule has 1 N–H and O–H groups in total. The normalized spacial score (nSPS) is 10.8. The van der Waals surface area contributed by atoms with Crippen molar-refractivity contribution in [2.24, 2.45) is 0 Å². The Hall–Kier alpha value is -1.41. The molecule has 0 saturated carbocycles. The first-order valence-electron chi connectivity index (χ1n) is 5.32. The Morgan fingerprint density at radius 3 is 3.00 bits per heavy atom. The third-order valence-corrected chi connectivity index (χ3v) is 4.58. The van der Waals surface area contributed by atoms with Crippen LogP contribution < -0.4 is 0 Å². The number of thiazole rings is 1. The second-order valence-electron chi connectivity index (χ2n) is 3.48. The summed E-state index contributed by atoms with van der Waals surface area (Å²) >= 11 is 2.68. The van der Waals surface area contributed by atoms with Gasteiger partial charge < -0.3 is 5.11 Å². The van der Waals surface area contributed by atoms with Crippen molar-refractivity contribution in [2.75, 3.05) is 0 Å². The number of rotatable bonds is 5. The van der Waals surface area contributed by atoms with E-state index in [9.17, 15) is 4.79 Å². The molecule has 0 aliphatic heterocycles. The van der Waals surface area contributed by atoms with Crippen LogP contribution in [0, 0.1) is 6.92 Å². The molecule has 0 unspecified atom stereocenters. The highest BCUT2D eigenvalue weighted by atomic mass is 32.2. The second-order valence-corrected chi connectivity index (χ2v) is 5.70. The van der Waals surface area contributed by atoms with Crippen LogP contribution in [0.5, 0.6) is 0 Å². The SMILES string of the molecule is CCn1ncnc1CSc1nc(C)c(C(=O)O)s1. The third-order valence-electron chi connectivity index (χ3n) is 2.29. The van der Waals surface area contributed by atoms with Crippen molar-refractivity contribution in [3.05, 3.63) is 22.7 Å². The molecule has 96 valence electrons. The summed E-state index contributed by atoms with van der Waals surface area (Å²) in [5, 5.41) is 13.0. The average Bonchev–Trinajstić information content (AvgIpc) is 2.92. The van der Waals surface area contributed by atoms with Crippen LogP contribution in [0.3, 0.4) is 0 Å². The predicted octanol–water partition coefficient (Wildman–Crippen LogP) is 2.05.